The van der Waals surface area contributed by atoms with E-state index in [0.29, 0.717) is 41.4 Å². The SMILES string of the molecule is COc1cc2ncnc(Nc3ccc(Cl)c(Cl)c3F)c2nc1[C@H]1CCCN(C(=O)OC(C)(C)C)C1. The summed E-state index contributed by atoms with van der Waals surface area (Å²) in [5, 5.41) is 2.87. The second-order valence-electron chi connectivity index (χ2n) is 9.28. The molecule has 35 heavy (non-hydrogen) atoms. The molecule has 1 aromatic carbocycles. The predicted octanol–water partition coefficient (Wildman–Crippen LogP) is 6.34. The molecule has 0 unspecified atom stereocenters. The number of piperidine rings is 1. The summed E-state index contributed by atoms with van der Waals surface area (Å²) in [4.78, 5) is 27.8. The van der Waals surface area contributed by atoms with E-state index in [0.717, 1.165) is 12.8 Å². The smallest absolute Gasteiger partial charge is 0.410 e. The fraction of sp³-hybridized carbons (Fsp3) is 0.417. The Labute approximate surface area is 212 Å². The Balaban J connectivity index is 1.70. The lowest BCUT2D eigenvalue weighted by atomic mass is 9.93. The number of carbonyl (C=O) groups is 1. The third-order valence-electron chi connectivity index (χ3n) is 5.57. The van der Waals surface area contributed by atoms with Crippen LogP contribution in [0.25, 0.3) is 11.0 Å². The fourth-order valence-corrected chi connectivity index (χ4v) is 4.28. The van der Waals surface area contributed by atoms with Gasteiger partial charge in [-0.05, 0) is 45.7 Å². The fourth-order valence-electron chi connectivity index (χ4n) is 3.97. The van der Waals surface area contributed by atoms with Crippen LogP contribution in [0.1, 0.15) is 45.2 Å². The van der Waals surface area contributed by atoms with E-state index in [1.54, 1.807) is 18.1 Å². The molecule has 4 rings (SSSR count). The number of amides is 1. The average molecular weight is 522 g/mol. The van der Waals surface area contributed by atoms with Crippen LogP contribution in [0.3, 0.4) is 0 Å². The number of hydrogen-bond donors (Lipinski definition) is 1. The summed E-state index contributed by atoms with van der Waals surface area (Å²) in [7, 11) is 1.56. The molecule has 11 heteroatoms. The first kappa shape index (κ1) is 25.2. The number of rotatable bonds is 4. The molecule has 3 heterocycles. The number of methoxy groups -OCH3 is 1. The van der Waals surface area contributed by atoms with E-state index in [4.69, 9.17) is 37.7 Å². The van der Waals surface area contributed by atoms with Gasteiger partial charge < -0.3 is 19.7 Å². The maximum atomic E-state index is 14.7. The van der Waals surface area contributed by atoms with Gasteiger partial charge in [-0.15, -0.1) is 0 Å². The van der Waals surface area contributed by atoms with Crippen molar-refractivity contribution in [2.45, 2.75) is 45.1 Å². The minimum absolute atomic E-state index is 0.0922. The second kappa shape index (κ2) is 9.99. The third kappa shape index (κ3) is 5.51. The zero-order valence-electron chi connectivity index (χ0n) is 19.9. The maximum Gasteiger partial charge on any atom is 0.410 e. The van der Waals surface area contributed by atoms with Crippen LogP contribution in [-0.4, -0.2) is 51.7 Å². The van der Waals surface area contributed by atoms with Crippen LogP contribution < -0.4 is 10.1 Å². The number of pyridine rings is 1. The number of benzene rings is 1. The summed E-state index contributed by atoms with van der Waals surface area (Å²) < 4.78 is 25.8. The van der Waals surface area contributed by atoms with E-state index in [9.17, 15) is 9.18 Å². The molecule has 1 N–H and O–H groups in total. The van der Waals surface area contributed by atoms with Gasteiger partial charge in [-0.2, -0.15) is 0 Å². The molecular formula is C24H26Cl2FN5O3. The maximum absolute atomic E-state index is 14.7. The van der Waals surface area contributed by atoms with Crippen molar-refractivity contribution in [3.8, 4) is 5.75 Å². The monoisotopic (exact) mass is 521 g/mol. The van der Waals surface area contributed by atoms with E-state index in [2.05, 4.69) is 15.3 Å². The van der Waals surface area contributed by atoms with Crippen LogP contribution in [0.2, 0.25) is 10.0 Å². The normalized spacial score (nSPS) is 16.3. The Morgan fingerprint density at radius 2 is 2.03 bits per heavy atom. The molecule has 1 saturated heterocycles. The number of anilines is 2. The Bertz CT molecular complexity index is 1270. The van der Waals surface area contributed by atoms with Crippen molar-refractivity contribution >= 4 is 51.8 Å². The standard InChI is InChI=1S/C24H26Cl2FN5O3/c1-24(2,3)35-23(33)32-9-5-6-13(11-32)20-17(34-4)10-16-21(31-20)22(29-12-28-16)30-15-8-7-14(25)18(26)19(15)27/h7-8,10,12-13H,5-6,9,11H2,1-4H3,(H,28,29,30)/t13-/m0/s1. The number of fused-ring (bicyclic) bond motifs is 1. The zero-order valence-corrected chi connectivity index (χ0v) is 21.4. The molecule has 0 radical (unpaired) electrons. The Kier molecular flexibility index (Phi) is 7.19. The van der Waals surface area contributed by atoms with E-state index < -0.39 is 11.4 Å². The predicted molar refractivity (Wildman–Crippen MR) is 133 cm³/mol. The van der Waals surface area contributed by atoms with E-state index >= 15 is 0 Å². The third-order valence-corrected chi connectivity index (χ3v) is 6.35. The number of carbonyl (C=O) groups excluding carboxylic acids is 1. The van der Waals surface area contributed by atoms with Crippen LogP contribution in [0.15, 0.2) is 24.5 Å². The van der Waals surface area contributed by atoms with Crippen LogP contribution >= 0.6 is 23.2 Å². The average Bonchev–Trinajstić information content (AvgIpc) is 2.82. The largest absolute Gasteiger partial charge is 0.495 e. The number of aromatic nitrogens is 3. The summed E-state index contributed by atoms with van der Waals surface area (Å²) in [6, 6.07) is 4.73. The summed E-state index contributed by atoms with van der Waals surface area (Å²) in [5.74, 6) is 0.0697. The number of halogens is 3. The second-order valence-corrected chi connectivity index (χ2v) is 10.1. The van der Waals surface area contributed by atoms with Crippen LogP contribution in [0.5, 0.6) is 5.75 Å². The number of nitrogens with one attached hydrogen (secondary N) is 1. The van der Waals surface area contributed by atoms with Gasteiger partial charge in [0.25, 0.3) is 0 Å². The van der Waals surface area contributed by atoms with Crippen LogP contribution in [-0.2, 0) is 4.74 Å². The Morgan fingerprint density at radius 3 is 2.74 bits per heavy atom. The molecule has 0 bridgehead atoms. The first-order chi connectivity index (χ1) is 16.6. The van der Waals surface area contributed by atoms with Crippen molar-refractivity contribution in [3.05, 3.63) is 46.1 Å². The van der Waals surface area contributed by atoms with Crippen molar-refractivity contribution < 1.29 is 18.7 Å². The molecule has 1 amide bonds. The minimum Gasteiger partial charge on any atom is -0.495 e. The molecular weight excluding hydrogens is 496 g/mol. The zero-order chi connectivity index (χ0) is 25.3. The van der Waals surface area contributed by atoms with Gasteiger partial charge >= 0.3 is 6.09 Å². The summed E-state index contributed by atoms with van der Waals surface area (Å²) in [5.41, 5.74) is 1.14. The van der Waals surface area contributed by atoms with Gasteiger partial charge in [-0.3, -0.25) is 0 Å². The molecule has 0 saturated carbocycles. The highest BCUT2D eigenvalue weighted by atomic mass is 35.5. The Hall–Kier alpha value is -2.91. The lowest BCUT2D eigenvalue weighted by Gasteiger charge is -2.34. The lowest BCUT2D eigenvalue weighted by Crippen LogP contribution is -2.42. The van der Waals surface area contributed by atoms with Crippen LogP contribution in [0, 0.1) is 5.82 Å². The highest BCUT2D eigenvalue weighted by Gasteiger charge is 2.31. The van der Waals surface area contributed by atoms with Gasteiger partial charge in [-0.1, -0.05) is 23.2 Å². The topological polar surface area (TPSA) is 89.5 Å². The molecule has 1 atom stereocenters. The molecule has 3 aromatic rings. The number of nitrogens with zero attached hydrogens (tertiary/aromatic N) is 4. The highest BCUT2D eigenvalue weighted by Crippen LogP contribution is 2.36. The van der Waals surface area contributed by atoms with Gasteiger partial charge in [0.15, 0.2) is 11.6 Å². The molecule has 0 aliphatic carbocycles. The van der Waals surface area contributed by atoms with Crippen molar-refractivity contribution in [1.29, 1.82) is 0 Å². The van der Waals surface area contributed by atoms with E-state index in [1.807, 2.05) is 20.8 Å². The molecule has 8 nitrogen and oxygen atoms in total. The quantitative estimate of drug-likeness (QED) is 0.400. The van der Waals surface area contributed by atoms with Gasteiger partial charge in [0.05, 0.1) is 34.1 Å². The summed E-state index contributed by atoms with van der Waals surface area (Å²) in [6.45, 7) is 6.55. The van der Waals surface area contributed by atoms with Crippen molar-refractivity contribution in [3.63, 3.8) is 0 Å². The van der Waals surface area contributed by atoms with Crippen molar-refractivity contribution in [2.75, 3.05) is 25.5 Å². The summed E-state index contributed by atoms with van der Waals surface area (Å²) in [6.07, 6.45) is 2.60. The van der Waals surface area contributed by atoms with E-state index in [-0.39, 0.29) is 27.7 Å². The van der Waals surface area contributed by atoms with E-state index in [1.165, 1.54) is 18.5 Å². The molecule has 1 aliphatic heterocycles. The first-order valence-corrected chi connectivity index (χ1v) is 11.9. The molecule has 2 aromatic heterocycles. The molecule has 0 spiro atoms. The molecule has 1 aliphatic rings. The number of ether oxygens (including phenoxy) is 2. The van der Waals surface area contributed by atoms with Gasteiger partial charge in [-0.25, -0.2) is 24.1 Å². The Morgan fingerprint density at radius 1 is 1.26 bits per heavy atom. The van der Waals surface area contributed by atoms with Gasteiger partial charge in [0, 0.05) is 25.1 Å². The van der Waals surface area contributed by atoms with Crippen molar-refractivity contribution in [2.24, 2.45) is 0 Å². The van der Waals surface area contributed by atoms with Crippen LogP contribution in [0.4, 0.5) is 20.7 Å². The molecule has 186 valence electrons. The lowest BCUT2D eigenvalue weighted by molar-refractivity contribution is 0.0196. The van der Waals surface area contributed by atoms with Gasteiger partial charge in [0.2, 0.25) is 0 Å². The highest BCUT2D eigenvalue weighted by molar-refractivity contribution is 6.42. The number of likely N-dealkylation sites (tertiary alicyclic amines) is 1. The van der Waals surface area contributed by atoms with Gasteiger partial charge in [0.1, 0.15) is 23.2 Å². The first-order valence-electron chi connectivity index (χ1n) is 11.2. The number of hydrogen-bond acceptors (Lipinski definition) is 7. The van der Waals surface area contributed by atoms with Crippen molar-refractivity contribution in [1.82, 2.24) is 19.9 Å². The molecule has 1 fully saturated rings. The summed E-state index contributed by atoms with van der Waals surface area (Å²) >= 11 is 11.9. The minimum atomic E-state index is -0.694.